The molecule has 9 heteroatoms. The van der Waals surface area contributed by atoms with Gasteiger partial charge in [0.15, 0.2) is 0 Å². The van der Waals surface area contributed by atoms with E-state index in [2.05, 4.69) is 18.5 Å². The Morgan fingerprint density at radius 3 is 2.12 bits per heavy atom. The minimum atomic E-state index is -0.493. The fourth-order valence-corrected chi connectivity index (χ4v) is 2.47. The number of unbranched alkanes of at least 4 members (excludes halogenated alkanes) is 2. The zero-order valence-electron chi connectivity index (χ0n) is 18.9. The molecule has 0 unspecified atom stereocenters. The van der Waals surface area contributed by atoms with E-state index in [1.165, 1.54) is 0 Å². The zero-order chi connectivity index (χ0) is 24.2. The van der Waals surface area contributed by atoms with Gasteiger partial charge < -0.3 is 29.0 Å². The van der Waals surface area contributed by atoms with E-state index in [0.717, 1.165) is 37.0 Å². The van der Waals surface area contributed by atoms with Crippen molar-refractivity contribution in [2.24, 2.45) is 0 Å². The van der Waals surface area contributed by atoms with Crippen LogP contribution in [0.2, 0.25) is 0 Å². The molecule has 0 fully saturated rings. The summed E-state index contributed by atoms with van der Waals surface area (Å²) >= 11 is 0. The fourth-order valence-electron chi connectivity index (χ4n) is 2.47. The number of carbonyl (C=O) groups excluding carboxylic acids is 3. The first-order valence-corrected chi connectivity index (χ1v) is 10.8. The number of hydrogen-bond donors (Lipinski definition) is 1. The van der Waals surface area contributed by atoms with Crippen molar-refractivity contribution in [3.05, 3.63) is 55.1 Å². The molecule has 0 heterocycles. The Bertz CT molecular complexity index is 732. The highest BCUT2D eigenvalue weighted by atomic mass is 16.6. The lowest BCUT2D eigenvalue weighted by Crippen LogP contribution is -2.26. The summed E-state index contributed by atoms with van der Waals surface area (Å²) < 4.78 is 25.8. The third-order valence-corrected chi connectivity index (χ3v) is 4.18. The van der Waals surface area contributed by atoms with Crippen molar-refractivity contribution >= 4 is 18.0 Å². The van der Waals surface area contributed by atoms with E-state index in [4.69, 9.17) is 23.7 Å². The number of nitrogens with one attached hydrogen (secondary N) is 1. The normalized spacial score (nSPS) is 10.1. The number of amides is 1. The zero-order valence-corrected chi connectivity index (χ0v) is 18.9. The van der Waals surface area contributed by atoms with E-state index in [0.29, 0.717) is 45.1 Å². The highest BCUT2D eigenvalue weighted by Gasteiger charge is 2.02. The predicted octanol–water partition coefficient (Wildman–Crippen LogP) is 2.98. The molecule has 0 saturated heterocycles. The molecule has 182 valence electrons. The molecule has 0 aliphatic heterocycles. The Labute approximate surface area is 194 Å². The molecular weight excluding hydrogens is 430 g/mol. The summed E-state index contributed by atoms with van der Waals surface area (Å²) in [6.45, 7) is 8.94. The smallest absolute Gasteiger partial charge is 0.407 e. The van der Waals surface area contributed by atoms with Gasteiger partial charge in [0.25, 0.3) is 0 Å². The van der Waals surface area contributed by atoms with Crippen molar-refractivity contribution < 1.29 is 38.1 Å². The van der Waals surface area contributed by atoms with E-state index in [1.54, 1.807) is 0 Å². The number of rotatable bonds is 18. The maximum atomic E-state index is 11.6. The van der Waals surface area contributed by atoms with Crippen LogP contribution in [0.1, 0.15) is 24.8 Å². The first-order chi connectivity index (χ1) is 16.0. The molecule has 1 N–H and O–H groups in total. The van der Waals surface area contributed by atoms with Crippen LogP contribution in [-0.2, 0) is 35.0 Å². The van der Waals surface area contributed by atoms with Crippen molar-refractivity contribution in [1.82, 2.24) is 5.32 Å². The molecule has 9 nitrogen and oxygen atoms in total. The minimum absolute atomic E-state index is 0.147. The Kier molecular flexibility index (Phi) is 15.3. The van der Waals surface area contributed by atoms with Crippen LogP contribution in [0.3, 0.4) is 0 Å². The fraction of sp³-hybridized carbons (Fsp3) is 0.458. The third kappa shape index (κ3) is 15.2. The number of esters is 2. The van der Waals surface area contributed by atoms with E-state index in [-0.39, 0.29) is 13.2 Å². The van der Waals surface area contributed by atoms with E-state index < -0.39 is 18.0 Å². The van der Waals surface area contributed by atoms with E-state index in [1.807, 2.05) is 24.3 Å². The molecule has 1 aromatic rings. The van der Waals surface area contributed by atoms with Gasteiger partial charge in [-0.25, -0.2) is 14.4 Å². The van der Waals surface area contributed by atoms with Crippen LogP contribution in [0.15, 0.2) is 49.6 Å². The summed E-state index contributed by atoms with van der Waals surface area (Å²) in [7, 11) is 0. The Hall–Kier alpha value is -3.33. The number of benzene rings is 1. The van der Waals surface area contributed by atoms with Gasteiger partial charge >= 0.3 is 18.0 Å². The quantitative estimate of drug-likeness (QED) is 0.153. The number of carbonyl (C=O) groups is 3. The summed E-state index contributed by atoms with van der Waals surface area (Å²) in [6, 6.07) is 7.49. The number of alkyl carbamates (subject to hydrolysis) is 1. The molecular formula is C24H33NO8. The summed E-state index contributed by atoms with van der Waals surface area (Å²) in [6.07, 6.45) is 4.70. The molecule has 0 radical (unpaired) electrons. The lowest BCUT2D eigenvalue weighted by atomic mass is 10.1. The molecule has 1 aromatic carbocycles. The molecule has 0 aromatic heterocycles. The van der Waals surface area contributed by atoms with Crippen molar-refractivity contribution in [3.63, 3.8) is 0 Å². The average Bonchev–Trinajstić information content (AvgIpc) is 2.83. The lowest BCUT2D eigenvalue weighted by Gasteiger charge is -2.09. The highest BCUT2D eigenvalue weighted by molar-refractivity contribution is 5.81. The van der Waals surface area contributed by atoms with Crippen LogP contribution in [0.25, 0.3) is 0 Å². The van der Waals surface area contributed by atoms with Gasteiger partial charge in [-0.3, -0.25) is 0 Å². The standard InChI is InChI=1S/C24H33NO8/c1-3-22(26)31-14-7-5-6-13-25-24(28)33-19-17-29-16-18-30-21-10-8-20(9-11-21)12-15-32-23(27)4-2/h3-4,8-11H,1-2,5-7,12-19H2,(H,25,28). The minimum Gasteiger partial charge on any atom is -0.491 e. The van der Waals surface area contributed by atoms with Crippen LogP contribution >= 0.6 is 0 Å². The van der Waals surface area contributed by atoms with Crippen LogP contribution in [-0.4, -0.2) is 64.2 Å². The van der Waals surface area contributed by atoms with Gasteiger partial charge in [-0.15, -0.1) is 0 Å². The van der Waals surface area contributed by atoms with Crippen molar-refractivity contribution in [2.45, 2.75) is 25.7 Å². The monoisotopic (exact) mass is 463 g/mol. The Morgan fingerprint density at radius 2 is 1.42 bits per heavy atom. The summed E-state index contributed by atoms with van der Waals surface area (Å²) in [5, 5.41) is 2.65. The maximum Gasteiger partial charge on any atom is 0.407 e. The number of hydrogen-bond acceptors (Lipinski definition) is 8. The first-order valence-electron chi connectivity index (χ1n) is 10.8. The van der Waals surface area contributed by atoms with Gasteiger partial charge in [0, 0.05) is 25.1 Å². The topological polar surface area (TPSA) is 109 Å². The second kappa shape index (κ2) is 18.3. The summed E-state index contributed by atoms with van der Waals surface area (Å²) in [5.74, 6) is -0.153. The van der Waals surface area contributed by atoms with Gasteiger partial charge in [-0.2, -0.15) is 0 Å². The van der Waals surface area contributed by atoms with E-state index >= 15 is 0 Å². The second-order valence-electron chi connectivity index (χ2n) is 6.72. The van der Waals surface area contributed by atoms with Crippen LogP contribution in [0.5, 0.6) is 5.75 Å². The van der Waals surface area contributed by atoms with E-state index in [9.17, 15) is 14.4 Å². The molecule has 0 bridgehead atoms. The van der Waals surface area contributed by atoms with Crippen LogP contribution in [0, 0.1) is 0 Å². The predicted molar refractivity (Wildman–Crippen MR) is 122 cm³/mol. The molecule has 0 spiro atoms. The van der Waals surface area contributed by atoms with Gasteiger partial charge in [-0.1, -0.05) is 25.3 Å². The summed E-state index contributed by atoms with van der Waals surface area (Å²) in [5.41, 5.74) is 1.03. The molecule has 1 amide bonds. The highest BCUT2D eigenvalue weighted by Crippen LogP contribution is 2.12. The Balaban J connectivity index is 1.95. The Morgan fingerprint density at radius 1 is 0.758 bits per heavy atom. The largest absolute Gasteiger partial charge is 0.491 e. The van der Waals surface area contributed by atoms with Crippen molar-refractivity contribution in [2.75, 3.05) is 46.2 Å². The van der Waals surface area contributed by atoms with Crippen molar-refractivity contribution in [3.8, 4) is 5.75 Å². The van der Waals surface area contributed by atoms with Gasteiger partial charge in [0.05, 0.1) is 26.4 Å². The summed E-state index contributed by atoms with van der Waals surface area (Å²) in [4.78, 5) is 33.4. The first kappa shape index (κ1) is 27.7. The van der Waals surface area contributed by atoms with Gasteiger partial charge in [-0.05, 0) is 37.0 Å². The van der Waals surface area contributed by atoms with Crippen molar-refractivity contribution in [1.29, 1.82) is 0 Å². The number of ether oxygens (including phenoxy) is 5. The van der Waals surface area contributed by atoms with Gasteiger partial charge in [0.1, 0.15) is 19.0 Å². The lowest BCUT2D eigenvalue weighted by molar-refractivity contribution is -0.138. The molecule has 0 aliphatic rings. The molecule has 33 heavy (non-hydrogen) atoms. The molecule has 0 aliphatic carbocycles. The van der Waals surface area contributed by atoms with Crippen LogP contribution in [0.4, 0.5) is 4.79 Å². The second-order valence-corrected chi connectivity index (χ2v) is 6.72. The SMILES string of the molecule is C=CC(=O)OCCCCCNC(=O)OCCOCCOc1ccc(CCOC(=O)C=C)cc1. The van der Waals surface area contributed by atoms with Crippen LogP contribution < -0.4 is 10.1 Å². The molecule has 0 atom stereocenters. The molecule has 1 rings (SSSR count). The van der Waals surface area contributed by atoms with Gasteiger partial charge in [0.2, 0.25) is 0 Å². The average molecular weight is 464 g/mol. The maximum absolute atomic E-state index is 11.6. The molecule has 0 saturated carbocycles. The third-order valence-electron chi connectivity index (χ3n) is 4.18.